The number of fused-ring (bicyclic) bond motifs is 7. The average molecular weight is 694 g/mol. The Balaban J connectivity index is 1.03. The Bertz CT molecular complexity index is 1320. The highest BCUT2D eigenvalue weighted by atomic mass is 16.5. The van der Waals surface area contributed by atoms with E-state index in [1.807, 2.05) is 0 Å². The van der Waals surface area contributed by atoms with Crippen molar-refractivity contribution in [2.45, 2.75) is 132 Å². The predicted molar refractivity (Wildman–Crippen MR) is 197 cm³/mol. The van der Waals surface area contributed by atoms with Gasteiger partial charge in [0.15, 0.2) is 0 Å². The van der Waals surface area contributed by atoms with Crippen LogP contribution in [-0.2, 0) is 19.1 Å². The summed E-state index contributed by atoms with van der Waals surface area (Å²) in [4.78, 5) is 34.8. The van der Waals surface area contributed by atoms with Crippen LogP contribution in [0.1, 0.15) is 126 Å². The smallest absolute Gasteiger partial charge is 0.302 e. The van der Waals surface area contributed by atoms with Crippen molar-refractivity contribution in [3.8, 4) is 0 Å². The van der Waals surface area contributed by atoms with E-state index < -0.39 is 0 Å². The van der Waals surface area contributed by atoms with Gasteiger partial charge in [-0.05, 0) is 128 Å². The molecule has 2 aliphatic heterocycles. The lowest BCUT2D eigenvalue weighted by atomic mass is 9.32. The molecule has 10 atom stereocenters. The quantitative estimate of drug-likeness (QED) is 0.273. The molecule has 8 aliphatic rings. The Hall–Kier alpha value is -1.18. The van der Waals surface area contributed by atoms with E-state index in [9.17, 15) is 4.79 Å². The molecule has 0 N–H and O–H groups in total. The first-order valence-electron chi connectivity index (χ1n) is 21.2. The fraction of sp³-hybridized carbons (Fsp3) is 0.953. The maximum Gasteiger partial charge on any atom is 0.302 e. The zero-order chi connectivity index (χ0) is 35.3. The SMILES string of the molecule is CC(=O)O[C@H]1CC[C@@]2(C)C(CC[C@]3(C)C2CC[C@@H]2C4[C@H](C5(C)CC5)CC[C@]4(C(=O)N4CCN(CCN5CCOCC5)CC4)CC[C@]23C)C1(C)C. The summed E-state index contributed by atoms with van der Waals surface area (Å²) in [5.74, 6) is 3.59. The zero-order valence-electron chi connectivity index (χ0n) is 33.0. The summed E-state index contributed by atoms with van der Waals surface area (Å²) in [7, 11) is 0. The van der Waals surface area contributed by atoms with Gasteiger partial charge in [0.1, 0.15) is 6.10 Å². The minimum atomic E-state index is -0.148. The molecule has 8 fully saturated rings. The average Bonchev–Trinajstić information content (AvgIpc) is 3.70. The van der Waals surface area contributed by atoms with Crippen LogP contribution < -0.4 is 0 Å². The van der Waals surface area contributed by atoms with E-state index in [0.717, 1.165) is 84.8 Å². The third-order valence-electron chi connectivity index (χ3n) is 18.5. The maximum absolute atomic E-state index is 15.2. The number of carbonyl (C=O) groups excluding carboxylic acids is 2. The van der Waals surface area contributed by atoms with Gasteiger partial charge in [0.2, 0.25) is 5.91 Å². The molecule has 3 unspecified atom stereocenters. The van der Waals surface area contributed by atoms with E-state index in [0.29, 0.717) is 40.9 Å². The second-order valence-electron chi connectivity index (χ2n) is 20.7. The second kappa shape index (κ2) is 12.4. The van der Waals surface area contributed by atoms with Crippen molar-refractivity contribution >= 4 is 11.9 Å². The molecule has 6 aliphatic carbocycles. The molecular formula is C43H71N3O4. The Labute approximate surface area is 304 Å². The monoisotopic (exact) mass is 694 g/mol. The van der Waals surface area contributed by atoms with Crippen molar-refractivity contribution in [3.05, 3.63) is 0 Å². The van der Waals surface area contributed by atoms with Crippen molar-refractivity contribution in [1.82, 2.24) is 14.7 Å². The van der Waals surface area contributed by atoms with Crippen molar-refractivity contribution in [1.29, 1.82) is 0 Å². The van der Waals surface area contributed by atoms with Gasteiger partial charge in [-0.25, -0.2) is 0 Å². The molecule has 282 valence electrons. The Morgan fingerprint density at radius 3 is 2.00 bits per heavy atom. The van der Waals surface area contributed by atoms with Crippen LogP contribution in [0, 0.1) is 62.1 Å². The topological polar surface area (TPSA) is 62.3 Å². The van der Waals surface area contributed by atoms with Crippen LogP contribution in [-0.4, -0.2) is 98.3 Å². The molecule has 6 saturated carbocycles. The number of amides is 1. The maximum atomic E-state index is 15.2. The second-order valence-corrected chi connectivity index (χ2v) is 20.7. The van der Waals surface area contributed by atoms with Crippen molar-refractivity contribution in [3.63, 3.8) is 0 Å². The number of esters is 1. The van der Waals surface area contributed by atoms with Gasteiger partial charge >= 0.3 is 5.97 Å². The number of carbonyl (C=O) groups is 2. The molecule has 2 saturated heterocycles. The molecule has 0 spiro atoms. The van der Waals surface area contributed by atoms with Gasteiger partial charge < -0.3 is 14.4 Å². The van der Waals surface area contributed by atoms with Crippen LogP contribution >= 0.6 is 0 Å². The van der Waals surface area contributed by atoms with Gasteiger partial charge in [-0.1, -0.05) is 41.5 Å². The van der Waals surface area contributed by atoms with Gasteiger partial charge in [0.05, 0.1) is 18.6 Å². The molecule has 0 bridgehead atoms. The summed E-state index contributed by atoms with van der Waals surface area (Å²) < 4.78 is 11.6. The lowest BCUT2D eigenvalue weighted by molar-refractivity contribution is -0.251. The van der Waals surface area contributed by atoms with Crippen LogP contribution in [0.4, 0.5) is 0 Å². The van der Waals surface area contributed by atoms with Crippen LogP contribution in [0.25, 0.3) is 0 Å². The highest BCUT2D eigenvalue weighted by molar-refractivity contribution is 5.84. The number of hydrogen-bond acceptors (Lipinski definition) is 6. The number of ether oxygens (including phenoxy) is 2. The molecule has 0 aromatic carbocycles. The highest BCUT2D eigenvalue weighted by Crippen LogP contribution is 2.79. The van der Waals surface area contributed by atoms with E-state index in [4.69, 9.17) is 9.47 Å². The van der Waals surface area contributed by atoms with Crippen LogP contribution in [0.15, 0.2) is 0 Å². The van der Waals surface area contributed by atoms with Crippen molar-refractivity contribution < 1.29 is 19.1 Å². The van der Waals surface area contributed by atoms with Crippen molar-refractivity contribution in [2.24, 2.45) is 62.1 Å². The molecular weight excluding hydrogens is 622 g/mol. The van der Waals surface area contributed by atoms with Gasteiger partial charge in [0, 0.05) is 64.7 Å². The molecule has 0 radical (unpaired) electrons. The zero-order valence-corrected chi connectivity index (χ0v) is 33.0. The van der Waals surface area contributed by atoms with Gasteiger partial charge in [-0.15, -0.1) is 0 Å². The summed E-state index contributed by atoms with van der Waals surface area (Å²) in [6.07, 6.45) is 14.8. The first-order valence-corrected chi connectivity index (χ1v) is 21.2. The predicted octanol–water partition coefficient (Wildman–Crippen LogP) is 7.28. The minimum Gasteiger partial charge on any atom is -0.462 e. The van der Waals surface area contributed by atoms with E-state index in [1.54, 1.807) is 6.92 Å². The van der Waals surface area contributed by atoms with E-state index in [-0.39, 0.29) is 39.1 Å². The third-order valence-corrected chi connectivity index (χ3v) is 18.5. The van der Waals surface area contributed by atoms with Crippen LogP contribution in [0.3, 0.4) is 0 Å². The number of rotatable bonds is 6. The molecule has 0 aromatic rings. The van der Waals surface area contributed by atoms with Crippen LogP contribution in [0.2, 0.25) is 0 Å². The first-order chi connectivity index (χ1) is 23.7. The van der Waals surface area contributed by atoms with Crippen LogP contribution in [0.5, 0.6) is 0 Å². The number of hydrogen-bond donors (Lipinski definition) is 0. The molecule has 7 heteroatoms. The Morgan fingerprint density at radius 1 is 0.660 bits per heavy atom. The number of piperazine rings is 1. The molecule has 0 aromatic heterocycles. The lowest BCUT2D eigenvalue weighted by Crippen LogP contribution is -2.68. The summed E-state index contributed by atoms with van der Waals surface area (Å²) in [5.41, 5.74) is 1.11. The fourth-order valence-electron chi connectivity index (χ4n) is 15.3. The molecule has 7 nitrogen and oxygen atoms in total. The lowest BCUT2D eigenvalue weighted by Gasteiger charge is -2.73. The molecule has 1 amide bonds. The normalized spacial score (nSPS) is 47.0. The van der Waals surface area contributed by atoms with Gasteiger partial charge in [-0.2, -0.15) is 0 Å². The summed E-state index contributed by atoms with van der Waals surface area (Å²) in [6.45, 7) is 27.0. The fourth-order valence-corrected chi connectivity index (χ4v) is 15.3. The molecule has 8 rings (SSSR count). The summed E-state index contributed by atoms with van der Waals surface area (Å²) >= 11 is 0. The number of nitrogens with zero attached hydrogens (tertiary/aromatic N) is 3. The Kier molecular flexibility index (Phi) is 8.91. The summed E-state index contributed by atoms with van der Waals surface area (Å²) in [6, 6.07) is 0. The molecule has 2 heterocycles. The van der Waals surface area contributed by atoms with Gasteiger partial charge in [0.25, 0.3) is 0 Å². The highest BCUT2D eigenvalue weighted by Gasteiger charge is 2.73. The first kappa shape index (κ1) is 35.8. The van der Waals surface area contributed by atoms with E-state index in [2.05, 4.69) is 56.2 Å². The number of morpholine rings is 1. The molecule has 50 heavy (non-hydrogen) atoms. The largest absolute Gasteiger partial charge is 0.462 e. The standard InChI is InChI=1S/C43H71N3O4/c1-30(47)50-35-12-13-40(5)33(38(35,2)3)11-14-42(7)34(40)9-8-32-36-31(39(4)16-17-39)10-15-43(36,19-18-41(32,42)6)37(48)46-24-22-44(23-25-46)20-21-45-26-28-49-29-27-45/h31-36H,8-29H2,1-7H3/t31-,32-,33?,34?,35+,36?,40+,41-,42-,43+/m1/s1. The minimum absolute atomic E-state index is 0.00443. The Morgan fingerprint density at radius 2 is 1.34 bits per heavy atom. The van der Waals surface area contributed by atoms with Gasteiger partial charge in [-0.3, -0.25) is 19.4 Å². The van der Waals surface area contributed by atoms with Crippen molar-refractivity contribution in [2.75, 3.05) is 65.6 Å². The third kappa shape index (κ3) is 5.33. The van der Waals surface area contributed by atoms with E-state index in [1.165, 1.54) is 57.8 Å². The summed E-state index contributed by atoms with van der Waals surface area (Å²) in [5, 5.41) is 0. The van der Waals surface area contributed by atoms with E-state index >= 15 is 4.79 Å².